The standard InChI is InChI=1S/C19H16ClFN4OS/c20-13-8-9-16(15(21)10-13)22-17(26)11-27-19-24-23-18(12-6-7-12)25(19)14-4-2-1-3-5-14/h1-5,8-10,12H,6-7,11H2,(H,22,26). The summed E-state index contributed by atoms with van der Waals surface area (Å²) in [5.74, 6) is 0.551. The number of halogens is 2. The van der Waals surface area contributed by atoms with Crippen molar-refractivity contribution in [1.82, 2.24) is 14.8 Å². The van der Waals surface area contributed by atoms with Crippen LogP contribution in [0.5, 0.6) is 0 Å². The predicted octanol–water partition coefficient (Wildman–Crippen LogP) is 4.67. The SMILES string of the molecule is O=C(CSc1nnc(C2CC2)n1-c1ccccc1)Nc1ccc(Cl)cc1F. The van der Waals surface area contributed by atoms with Gasteiger partial charge in [-0.1, -0.05) is 41.6 Å². The number of para-hydroxylation sites is 1. The van der Waals surface area contributed by atoms with E-state index in [0.717, 1.165) is 30.4 Å². The summed E-state index contributed by atoms with van der Waals surface area (Å²) < 4.78 is 15.8. The lowest BCUT2D eigenvalue weighted by atomic mass is 10.3. The average Bonchev–Trinajstić information content (AvgIpc) is 3.42. The van der Waals surface area contributed by atoms with Crippen molar-refractivity contribution >= 4 is 35.0 Å². The topological polar surface area (TPSA) is 59.8 Å². The van der Waals surface area contributed by atoms with Crippen molar-refractivity contribution in [3.05, 3.63) is 65.2 Å². The summed E-state index contributed by atoms with van der Waals surface area (Å²) in [7, 11) is 0. The van der Waals surface area contributed by atoms with Gasteiger partial charge in [0.25, 0.3) is 0 Å². The number of anilines is 1. The second-order valence-electron chi connectivity index (χ2n) is 6.25. The van der Waals surface area contributed by atoms with Gasteiger partial charge in [-0.2, -0.15) is 0 Å². The molecule has 138 valence electrons. The quantitative estimate of drug-likeness (QED) is 0.609. The zero-order chi connectivity index (χ0) is 18.8. The molecular weight excluding hydrogens is 387 g/mol. The van der Waals surface area contributed by atoms with Gasteiger partial charge in [0.15, 0.2) is 5.16 Å². The van der Waals surface area contributed by atoms with E-state index in [9.17, 15) is 9.18 Å². The number of thioether (sulfide) groups is 1. The first-order chi connectivity index (χ1) is 13.1. The minimum atomic E-state index is -0.565. The lowest BCUT2D eigenvalue weighted by Gasteiger charge is -2.10. The molecule has 1 aromatic heterocycles. The van der Waals surface area contributed by atoms with E-state index in [4.69, 9.17) is 11.6 Å². The largest absolute Gasteiger partial charge is 0.323 e. The predicted molar refractivity (Wildman–Crippen MR) is 104 cm³/mol. The Kier molecular flexibility index (Phi) is 5.13. The summed E-state index contributed by atoms with van der Waals surface area (Å²) >= 11 is 7.00. The molecule has 0 spiro atoms. The molecule has 1 fully saturated rings. The smallest absolute Gasteiger partial charge is 0.234 e. The van der Waals surface area contributed by atoms with E-state index >= 15 is 0 Å². The third-order valence-electron chi connectivity index (χ3n) is 4.15. The maximum absolute atomic E-state index is 13.8. The highest BCUT2D eigenvalue weighted by atomic mass is 35.5. The first-order valence-corrected chi connectivity index (χ1v) is 9.86. The van der Waals surface area contributed by atoms with Crippen molar-refractivity contribution in [3.8, 4) is 5.69 Å². The Labute approximate surface area is 164 Å². The fraction of sp³-hybridized carbons (Fsp3) is 0.211. The summed E-state index contributed by atoms with van der Waals surface area (Å²) in [5.41, 5.74) is 1.07. The van der Waals surface area contributed by atoms with Gasteiger partial charge >= 0.3 is 0 Å². The maximum atomic E-state index is 13.8. The molecule has 0 bridgehead atoms. The van der Waals surface area contributed by atoms with E-state index < -0.39 is 5.82 Å². The molecule has 1 aliphatic carbocycles. The molecule has 1 saturated carbocycles. The van der Waals surface area contributed by atoms with Gasteiger partial charge < -0.3 is 5.32 Å². The van der Waals surface area contributed by atoms with Crippen LogP contribution in [0.15, 0.2) is 53.7 Å². The van der Waals surface area contributed by atoms with Gasteiger partial charge in [-0.05, 0) is 43.2 Å². The van der Waals surface area contributed by atoms with E-state index in [-0.39, 0.29) is 22.4 Å². The number of amides is 1. The van der Waals surface area contributed by atoms with Crippen molar-refractivity contribution in [2.45, 2.75) is 23.9 Å². The molecule has 0 aliphatic heterocycles. The van der Waals surface area contributed by atoms with E-state index in [1.165, 1.54) is 23.9 Å². The van der Waals surface area contributed by atoms with Crippen LogP contribution in [0.3, 0.4) is 0 Å². The Bertz CT molecular complexity index is 975. The van der Waals surface area contributed by atoms with Crippen LogP contribution >= 0.6 is 23.4 Å². The highest BCUT2D eigenvalue weighted by molar-refractivity contribution is 7.99. The zero-order valence-electron chi connectivity index (χ0n) is 14.2. The third kappa shape index (κ3) is 4.14. The molecule has 3 aromatic rings. The van der Waals surface area contributed by atoms with Crippen molar-refractivity contribution < 1.29 is 9.18 Å². The van der Waals surface area contributed by atoms with Gasteiger partial charge in [-0.3, -0.25) is 9.36 Å². The Hall–Kier alpha value is -2.38. The molecule has 4 rings (SSSR count). The van der Waals surface area contributed by atoms with Gasteiger partial charge in [0.1, 0.15) is 11.6 Å². The number of aromatic nitrogens is 3. The van der Waals surface area contributed by atoms with Crippen LogP contribution in [0.1, 0.15) is 24.6 Å². The molecule has 1 N–H and O–H groups in total. The van der Waals surface area contributed by atoms with Crippen LogP contribution in [0.4, 0.5) is 10.1 Å². The van der Waals surface area contributed by atoms with Gasteiger partial charge in [0, 0.05) is 16.6 Å². The zero-order valence-corrected chi connectivity index (χ0v) is 15.8. The summed E-state index contributed by atoms with van der Waals surface area (Å²) in [4.78, 5) is 12.2. The first-order valence-electron chi connectivity index (χ1n) is 8.50. The van der Waals surface area contributed by atoms with E-state index in [1.807, 2.05) is 34.9 Å². The summed E-state index contributed by atoms with van der Waals surface area (Å²) in [5, 5.41) is 12.1. The minimum Gasteiger partial charge on any atom is -0.323 e. The number of nitrogens with zero attached hydrogens (tertiary/aromatic N) is 3. The molecule has 5 nitrogen and oxygen atoms in total. The Morgan fingerprint density at radius 2 is 2.00 bits per heavy atom. The monoisotopic (exact) mass is 402 g/mol. The van der Waals surface area contributed by atoms with E-state index in [2.05, 4.69) is 15.5 Å². The lowest BCUT2D eigenvalue weighted by molar-refractivity contribution is -0.113. The molecule has 8 heteroatoms. The highest BCUT2D eigenvalue weighted by Crippen LogP contribution is 2.41. The number of carbonyl (C=O) groups excluding carboxylic acids is 1. The molecule has 0 unspecified atom stereocenters. The van der Waals surface area contributed by atoms with Gasteiger partial charge in [0.05, 0.1) is 11.4 Å². The minimum absolute atomic E-state index is 0.0949. The maximum Gasteiger partial charge on any atom is 0.234 e. The van der Waals surface area contributed by atoms with Crippen LogP contribution in [0, 0.1) is 5.82 Å². The molecule has 0 radical (unpaired) electrons. The third-order valence-corrected chi connectivity index (χ3v) is 5.32. The Morgan fingerprint density at radius 1 is 1.22 bits per heavy atom. The van der Waals surface area contributed by atoms with Crippen molar-refractivity contribution in [1.29, 1.82) is 0 Å². The number of rotatable bonds is 6. The van der Waals surface area contributed by atoms with Gasteiger partial charge in [-0.15, -0.1) is 10.2 Å². The average molecular weight is 403 g/mol. The molecule has 1 heterocycles. The van der Waals surface area contributed by atoms with Crippen molar-refractivity contribution in [3.63, 3.8) is 0 Å². The van der Waals surface area contributed by atoms with Crippen LogP contribution in [-0.2, 0) is 4.79 Å². The van der Waals surface area contributed by atoms with E-state index in [0.29, 0.717) is 11.1 Å². The number of carbonyl (C=O) groups is 1. The highest BCUT2D eigenvalue weighted by Gasteiger charge is 2.31. The molecule has 0 atom stereocenters. The van der Waals surface area contributed by atoms with Crippen molar-refractivity contribution in [2.75, 3.05) is 11.1 Å². The fourth-order valence-electron chi connectivity index (χ4n) is 2.71. The van der Waals surface area contributed by atoms with Crippen molar-refractivity contribution in [2.24, 2.45) is 0 Å². The second kappa shape index (κ2) is 7.70. The Balaban J connectivity index is 1.49. The van der Waals surface area contributed by atoms with Crippen LogP contribution in [0.2, 0.25) is 5.02 Å². The normalized spacial score (nSPS) is 13.6. The molecule has 1 amide bonds. The van der Waals surface area contributed by atoms with Crippen LogP contribution < -0.4 is 5.32 Å². The van der Waals surface area contributed by atoms with Crippen LogP contribution in [0.25, 0.3) is 5.69 Å². The number of benzene rings is 2. The van der Waals surface area contributed by atoms with E-state index in [1.54, 1.807) is 0 Å². The van der Waals surface area contributed by atoms with Crippen LogP contribution in [-0.4, -0.2) is 26.4 Å². The summed E-state index contributed by atoms with van der Waals surface area (Å²) in [6.07, 6.45) is 2.21. The summed E-state index contributed by atoms with van der Waals surface area (Å²) in [6.45, 7) is 0. The lowest BCUT2D eigenvalue weighted by Crippen LogP contribution is -2.15. The number of nitrogens with one attached hydrogen (secondary N) is 1. The Morgan fingerprint density at radius 3 is 2.70 bits per heavy atom. The molecule has 2 aromatic carbocycles. The first kappa shape index (κ1) is 18.0. The molecule has 0 saturated heterocycles. The summed E-state index contributed by atoms with van der Waals surface area (Å²) in [6, 6.07) is 14.0. The van der Waals surface area contributed by atoms with Gasteiger partial charge in [-0.25, -0.2) is 4.39 Å². The molecule has 1 aliphatic rings. The fourth-order valence-corrected chi connectivity index (χ4v) is 3.63. The molecular formula is C19H16ClFN4OS. The number of hydrogen-bond donors (Lipinski definition) is 1. The number of hydrogen-bond acceptors (Lipinski definition) is 4. The molecule has 27 heavy (non-hydrogen) atoms. The second-order valence-corrected chi connectivity index (χ2v) is 7.63. The van der Waals surface area contributed by atoms with Gasteiger partial charge in [0.2, 0.25) is 5.91 Å².